The van der Waals surface area contributed by atoms with Crippen molar-refractivity contribution >= 4 is 142 Å². The van der Waals surface area contributed by atoms with E-state index in [4.69, 9.17) is 69.5 Å². The molecule has 5 aromatic heterocycles. The van der Waals surface area contributed by atoms with Crippen LogP contribution in [0.1, 0.15) is 73.6 Å². The first-order valence-corrected chi connectivity index (χ1v) is 42.5. The third-order valence-electron chi connectivity index (χ3n) is 20.8. The highest BCUT2D eigenvalue weighted by atomic mass is 16.6. The number of unbranched alkanes of at least 4 members (excludes halogenated alkanes) is 1. The van der Waals surface area contributed by atoms with Crippen LogP contribution in [-0.4, -0.2) is 101 Å². The van der Waals surface area contributed by atoms with Crippen molar-refractivity contribution in [3.05, 3.63) is 319 Å². The Bertz CT molecular complexity index is 7060. The van der Waals surface area contributed by atoms with E-state index >= 15 is 0 Å². The number of nitrogens with zero attached hydrogens (tertiary/aromatic N) is 5. The average molecular weight is 1830 g/mol. The predicted octanol–water partition coefficient (Wildman–Crippen LogP) is 20.9. The molecule has 5 heterocycles. The molecule has 0 fully saturated rings. The molecule has 0 aliphatic heterocycles. The molecule has 0 spiro atoms. The van der Waals surface area contributed by atoms with Gasteiger partial charge in [0, 0.05) is 182 Å². The summed E-state index contributed by atoms with van der Waals surface area (Å²) in [6.45, 7) is 14.2. The Morgan fingerprint density at radius 1 is 0.304 bits per heavy atom. The van der Waals surface area contributed by atoms with Crippen molar-refractivity contribution in [2.75, 3.05) is 95.3 Å². The Hall–Kier alpha value is -16.9. The van der Waals surface area contributed by atoms with Gasteiger partial charge in [0.05, 0.1) is 64.0 Å². The van der Waals surface area contributed by atoms with E-state index in [9.17, 15) is 47.9 Å². The van der Waals surface area contributed by atoms with Crippen LogP contribution in [0.5, 0.6) is 57.5 Å². The molecular formula is C105H101N5O25. The maximum atomic E-state index is 12.1. The van der Waals surface area contributed by atoms with Crippen LogP contribution >= 0.6 is 0 Å². The number of hydrogen-bond donors (Lipinski definition) is 0. The van der Waals surface area contributed by atoms with Gasteiger partial charge < -0.3 is 94.0 Å². The van der Waals surface area contributed by atoms with Gasteiger partial charge in [-0.05, 0) is 149 Å². The monoisotopic (exact) mass is 1830 g/mol. The molecule has 15 aromatic rings. The Labute approximate surface area is 776 Å². The fourth-order valence-electron chi connectivity index (χ4n) is 13.8. The molecule has 696 valence electrons. The van der Waals surface area contributed by atoms with Gasteiger partial charge in [-0.15, -0.1) is 0 Å². The van der Waals surface area contributed by atoms with Crippen LogP contribution in [0.2, 0.25) is 0 Å². The molecule has 0 bridgehead atoms. The third-order valence-corrected chi connectivity index (χ3v) is 20.8. The van der Waals surface area contributed by atoms with Gasteiger partial charge in [-0.1, -0.05) is 100 Å². The minimum absolute atomic E-state index is 0.258. The van der Waals surface area contributed by atoms with Gasteiger partial charge in [-0.3, -0.25) is 14.4 Å². The van der Waals surface area contributed by atoms with Crippen LogP contribution in [-0.2, 0) is 24.0 Å². The molecular weight excluding hydrogens is 1730 g/mol. The summed E-state index contributed by atoms with van der Waals surface area (Å²) < 4.78 is 79.7. The summed E-state index contributed by atoms with van der Waals surface area (Å²) in [6.07, 6.45) is 3.96. The third kappa shape index (κ3) is 25.0. The van der Waals surface area contributed by atoms with Crippen LogP contribution < -0.4 is 100.0 Å². The summed E-state index contributed by atoms with van der Waals surface area (Å²) in [5.41, 5.74) is 8.52. The van der Waals surface area contributed by atoms with Gasteiger partial charge in [0.25, 0.3) is 0 Å². The number of hydrogen-bond acceptors (Lipinski definition) is 30. The number of fused-ring (bicyclic) bond motifs is 5. The Kier molecular flexibility index (Phi) is 33.7. The number of allylic oxidation sites excluding steroid dienone is 1. The highest BCUT2D eigenvalue weighted by molar-refractivity contribution is 5.98. The zero-order valence-electron chi connectivity index (χ0n) is 77.4. The molecule has 0 unspecified atom stereocenters. The van der Waals surface area contributed by atoms with E-state index in [2.05, 4.69) is 6.58 Å². The van der Waals surface area contributed by atoms with Gasteiger partial charge in [-0.25, -0.2) is 33.6 Å². The maximum absolute atomic E-state index is 12.1. The molecule has 0 aliphatic carbocycles. The first-order chi connectivity index (χ1) is 64.9. The highest BCUT2D eigenvalue weighted by Crippen LogP contribution is 2.43. The number of carbonyl (C=O) groups is 5. The zero-order valence-corrected chi connectivity index (χ0v) is 77.4. The van der Waals surface area contributed by atoms with Crippen molar-refractivity contribution in [2.45, 2.75) is 73.6 Å². The summed E-state index contributed by atoms with van der Waals surface area (Å²) in [4.78, 5) is 128. The second-order valence-electron chi connectivity index (χ2n) is 30.3. The van der Waals surface area contributed by atoms with E-state index in [0.29, 0.717) is 120 Å². The van der Waals surface area contributed by atoms with E-state index in [-0.39, 0.29) is 42.1 Å². The Morgan fingerprint density at radius 2 is 0.533 bits per heavy atom. The number of esters is 5. The van der Waals surface area contributed by atoms with E-state index in [1.807, 2.05) is 190 Å². The van der Waals surface area contributed by atoms with Crippen molar-refractivity contribution in [1.82, 2.24) is 0 Å². The lowest BCUT2D eigenvalue weighted by Gasteiger charge is -2.22. The number of para-hydroxylation sites is 5. The molecule has 135 heavy (non-hydrogen) atoms. The lowest BCUT2D eigenvalue weighted by Crippen LogP contribution is -2.14. The SMILES string of the molecule is C=C(C)C(=O)Oc1cc(N(C)c2cc(=O)oc3ccccc23)ccc1OC.CCC(=O)Oc1cc(N(C)c2cc(=O)oc3ccccc23)ccc1OC.CCC(=O)Oc1cc(N(C)c2cc(=O)oc3ccccc23)ccc1OC.CCCCC(=O)Oc1cc(N(C)c2cc(=O)oc3ccccc23)ccc1OC.COc1ccc(N(C)c2cc(=O)oc3ccccc23)cc1OC(=O)C=C(C)C. The Morgan fingerprint density at radius 3 is 0.756 bits per heavy atom. The zero-order chi connectivity index (χ0) is 97.3. The number of ether oxygens (including phenoxy) is 10. The minimum Gasteiger partial charge on any atom is -0.493 e. The number of benzene rings is 10. The molecule has 10 aromatic carbocycles. The Balaban J connectivity index is 0.000000162. The van der Waals surface area contributed by atoms with Gasteiger partial charge in [-0.2, -0.15) is 0 Å². The number of methoxy groups -OCH3 is 5. The van der Waals surface area contributed by atoms with Crippen molar-refractivity contribution in [3.8, 4) is 57.5 Å². The largest absolute Gasteiger partial charge is 0.493 e. The first-order valence-electron chi connectivity index (χ1n) is 42.5. The standard InChI is InChI=1S/C22H21NO5.C22H23NO5.C21H19NO5.2C20H19NO5/c1-14(2)11-21(24)28-20-12-15(9-10-19(20)26-4)23(3)17-13-22(25)27-18-8-6-5-7-16(17)18;1-4-5-10-21(24)28-20-13-15(11-12-19(20)26-3)23(2)17-14-22(25)27-18-9-7-6-8-16(17)18;1-13(2)21(24)27-19-11-14(9-10-18(19)25-4)22(3)16-12-20(23)26-17-8-6-5-7-15(16)17;2*1-4-19(22)26-18-11-13(9-10-17(18)24-3)21(2)15-12-20(23)25-16-8-6-5-7-14(15)16/h5-13H,1-4H3;6-9,11-14H,4-5,10H2,1-3H3;5-12H,1H2,2-4H3;2*5-12H,4H2,1-3H3. The molecule has 0 aliphatic rings. The molecule has 0 saturated carbocycles. The molecule has 0 amide bonds. The first kappa shape index (κ1) is 98.7. The smallest absolute Gasteiger partial charge is 0.338 e. The average Bonchev–Trinajstić information content (AvgIpc) is 0.803. The van der Waals surface area contributed by atoms with Gasteiger partial charge in [0.1, 0.15) is 27.9 Å². The van der Waals surface area contributed by atoms with Crippen LogP contribution in [0.4, 0.5) is 56.9 Å². The fraction of sp³-hybridized carbons (Fsp3) is 0.200. The van der Waals surface area contributed by atoms with E-state index in [1.165, 1.54) is 72.0 Å². The molecule has 0 atom stereocenters. The minimum atomic E-state index is -0.543. The lowest BCUT2D eigenvalue weighted by atomic mass is 10.1. The van der Waals surface area contributed by atoms with Crippen LogP contribution in [0.25, 0.3) is 54.8 Å². The molecule has 0 N–H and O–H groups in total. The van der Waals surface area contributed by atoms with Crippen molar-refractivity contribution < 1.29 is 93.4 Å². The molecule has 0 saturated heterocycles. The van der Waals surface area contributed by atoms with E-state index in [1.54, 1.807) is 124 Å². The van der Waals surface area contributed by atoms with Crippen LogP contribution in [0.15, 0.2) is 313 Å². The van der Waals surface area contributed by atoms with Crippen molar-refractivity contribution in [2.24, 2.45) is 0 Å². The highest BCUT2D eigenvalue weighted by Gasteiger charge is 2.24. The van der Waals surface area contributed by atoms with Crippen molar-refractivity contribution in [3.63, 3.8) is 0 Å². The molecule has 0 radical (unpaired) electrons. The summed E-state index contributed by atoms with van der Waals surface area (Å²) in [5.74, 6) is 1.78. The fourth-order valence-corrected chi connectivity index (χ4v) is 13.8. The number of anilines is 10. The summed E-state index contributed by atoms with van der Waals surface area (Å²) >= 11 is 0. The topological polar surface area (TPSA) is 345 Å². The van der Waals surface area contributed by atoms with Crippen LogP contribution in [0.3, 0.4) is 0 Å². The van der Waals surface area contributed by atoms with E-state index < -0.39 is 40.1 Å². The second kappa shape index (κ2) is 46.1. The van der Waals surface area contributed by atoms with E-state index in [0.717, 1.165) is 68.1 Å². The maximum Gasteiger partial charge on any atom is 0.338 e. The summed E-state index contributed by atoms with van der Waals surface area (Å²) in [7, 11) is 16.7. The predicted molar refractivity (Wildman–Crippen MR) is 520 cm³/mol. The molecule has 15 rings (SSSR count). The normalized spacial score (nSPS) is 10.5. The second-order valence-corrected chi connectivity index (χ2v) is 30.3. The van der Waals surface area contributed by atoms with Gasteiger partial charge in [0.2, 0.25) is 0 Å². The molecule has 30 heteroatoms. The summed E-state index contributed by atoms with van der Waals surface area (Å²) in [5, 5.41) is 4.00. The quantitative estimate of drug-likeness (QED) is 0.0200. The van der Waals surface area contributed by atoms with Gasteiger partial charge >= 0.3 is 58.0 Å². The number of rotatable bonds is 27. The number of carbonyl (C=O) groups excluding carboxylic acids is 5. The van der Waals surface area contributed by atoms with Crippen LogP contribution in [0, 0.1) is 0 Å². The van der Waals surface area contributed by atoms with Gasteiger partial charge in [0.15, 0.2) is 57.5 Å². The van der Waals surface area contributed by atoms with Crippen molar-refractivity contribution in [1.29, 1.82) is 0 Å². The summed E-state index contributed by atoms with van der Waals surface area (Å²) in [6, 6.07) is 69.9. The lowest BCUT2D eigenvalue weighted by molar-refractivity contribution is -0.135. The molecule has 30 nitrogen and oxygen atoms in total.